The van der Waals surface area contributed by atoms with Crippen molar-refractivity contribution in [1.29, 1.82) is 0 Å². The lowest BCUT2D eigenvalue weighted by Gasteiger charge is -2.23. The summed E-state index contributed by atoms with van der Waals surface area (Å²) in [5.74, 6) is -1.90. The van der Waals surface area contributed by atoms with Gasteiger partial charge in [0.25, 0.3) is 0 Å². The van der Waals surface area contributed by atoms with E-state index in [-0.39, 0.29) is 43.8 Å². The van der Waals surface area contributed by atoms with E-state index < -0.39 is 35.4 Å². The maximum atomic E-state index is 12.8. The monoisotopic (exact) mass is 555 g/mol. The molecule has 216 valence electrons. The molecule has 3 aromatic rings. The van der Waals surface area contributed by atoms with Crippen LogP contribution in [0, 0.1) is 33.6 Å². The molecule has 3 amide bonds. The smallest absolute Gasteiger partial charge is 0.340 e. The van der Waals surface area contributed by atoms with Crippen LogP contribution in [0.4, 0.5) is 0 Å². The molecule has 0 aliphatic carbocycles. The lowest BCUT2D eigenvalue weighted by Crippen LogP contribution is -2.52. The Morgan fingerprint density at radius 1 is 0.925 bits per heavy atom. The summed E-state index contributed by atoms with van der Waals surface area (Å²) in [6, 6.07) is 1.06. The van der Waals surface area contributed by atoms with E-state index in [0.717, 1.165) is 16.7 Å². The van der Waals surface area contributed by atoms with Gasteiger partial charge in [-0.1, -0.05) is 20.3 Å². The van der Waals surface area contributed by atoms with Crippen molar-refractivity contribution in [2.45, 2.75) is 73.3 Å². The zero-order valence-electron chi connectivity index (χ0n) is 23.8. The number of benzene rings is 1. The molecule has 1 aromatic carbocycles. The highest BCUT2D eigenvalue weighted by Gasteiger charge is 2.26. The Hall–Kier alpha value is -4.15. The number of fused-ring (bicyclic) bond motifs is 2. The number of carbonyl (C=O) groups is 4. The van der Waals surface area contributed by atoms with Gasteiger partial charge in [0.05, 0.1) is 18.5 Å². The second-order valence-corrected chi connectivity index (χ2v) is 10.2. The predicted molar refractivity (Wildman–Crippen MR) is 149 cm³/mol. The van der Waals surface area contributed by atoms with Gasteiger partial charge in [-0.05, 0) is 57.2 Å². The van der Waals surface area contributed by atoms with Crippen molar-refractivity contribution >= 4 is 45.6 Å². The third kappa shape index (κ3) is 6.70. The molecule has 0 bridgehead atoms. The number of hydrogen-bond donors (Lipinski definition) is 4. The third-order valence-corrected chi connectivity index (χ3v) is 7.41. The Balaban J connectivity index is 1.68. The number of carboxylic acids is 1. The molecule has 0 saturated heterocycles. The van der Waals surface area contributed by atoms with Gasteiger partial charge in [-0.25, -0.2) is 4.79 Å². The summed E-state index contributed by atoms with van der Waals surface area (Å²) < 4.78 is 11.5. The van der Waals surface area contributed by atoms with Gasteiger partial charge in [0.2, 0.25) is 17.7 Å². The Bertz CT molecular complexity index is 1520. The molecule has 0 aliphatic heterocycles. The van der Waals surface area contributed by atoms with Gasteiger partial charge in [-0.3, -0.25) is 19.2 Å². The summed E-state index contributed by atoms with van der Waals surface area (Å²) in [6.45, 7) is 10.9. The summed E-state index contributed by atoms with van der Waals surface area (Å²) >= 11 is 0. The molecule has 0 spiro atoms. The molecule has 0 fully saturated rings. The van der Waals surface area contributed by atoms with Crippen LogP contribution in [0.1, 0.15) is 61.1 Å². The fraction of sp³-hybridized carbons (Fsp3) is 0.483. The highest BCUT2D eigenvalue weighted by molar-refractivity contribution is 6.00. The van der Waals surface area contributed by atoms with Crippen molar-refractivity contribution in [3.8, 4) is 0 Å². The summed E-state index contributed by atoms with van der Waals surface area (Å²) in [6.07, 6.45) is 0.526. The zero-order chi connectivity index (χ0) is 29.7. The van der Waals surface area contributed by atoms with E-state index in [1.807, 2.05) is 40.7 Å². The minimum atomic E-state index is -0.955. The van der Waals surface area contributed by atoms with E-state index >= 15 is 0 Å². The molecule has 4 N–H and O–H groups in total. The SMILES string of the molecule is CCC(C)C(NC(=O)CNC(=O)Cc1c(C)c2cc3c(C)c(C)oc3c(C)c2oc1=O)C(=O)NCCCC(=O)O. The van der Waals surface area contributed by atoms with Gasteiger partial charge in [0.15, 0.2) is 0 Å². The molecular formula is C29H37N3O8. The number of hydrogen-bond acceptors (Lipinski definition) is 7. The van der Waals surface area contributed by atoms with Crippen LogP contribution in [0.15, 0.2) is 19.7 Å². The molecule has 3 rings (SSSR count). The largest absolute Gasteiger partial charge is 0.481 e. The molecule has 0 aliphatic rings. The number of amides is 3. The van der Waals surface area contributed by atoms with Crippen molar-refractivity contribution in [2.24, 2.45) is 5.92 Å². The first-order valence-electron chi connectivity index (χ1n) is 13.4. The fourth-order valence-electron chi connectivity index (χ4n) is 4.59. The van der Waals surface area contributed by atoms with E-state index in [2.05, 4.69) is 16.0 Å². The Morgan fingerprint density at radius 3 is 2.23 bits per heavy atom. The molecule has 2 aromatic heterocycles. The minimum absolute atomic E-state index is 0.0751. The molecule has 40 heavy (non-hydrogen) atoms. The minimum Gasteiger partial charge on any atom is -0.481 e. The van der Waals surface area contributed by atoms with Crippen LogP contribution in [0.25, 0.3) is 21.9 Å². The number of nitrogens with one attached hydrogen (secondary N) is 3. The molecular weight excluding hydrogens is 518 g/mol. The molecule has 11 nitrogen and oxygen atoms in total. The van der Waals surface area contributed by atoms with E-state index in [1.54, 1.807) is 6.92 Å². The van der Waals surface area contributed by atoms with Crippen LogP contribution in [0.3, 0.4) is 0 Å². The third-order valence-electron chi connectivity index (χ3n) is 7.41. The first-order valence-corrected chi connectivity index (χ1v) is 13.4. The second-order valence-electron chi connectivity index (χ2n) is 10.2. The zero-order valence-corrected chi connectivity index (χ0v) is 23.8. The maximum absolute atomic E-state index is 12.8. The lowest BCUT2D eigenvalue weighted by molar-refractivity contribution is -0.137. The number of aryl methyl sites for hydroxylation is 4. The highest BCUT2D eigenvalue weighted by atomic mass is 16.4. The summed E-state index contributed by atoms with van der Waals surface area (Å²) in [5, 5.41) is 18.2. The van der Waals surface area contributed by atoms with Gasteiger partial charge in [-0.2, -0.15) is 0 Å². The van der Waals surface area contributed by atoms with Gasteiger partial charge in [0.1, 0.15) is 23.0 Å². The van der Waals surface area contributed by atoms with Crippen molar-refractivity contribution < 1.29 is 33.1 Å². The van der Waals surface area contributed by atoms with Gasteiger partial charge >= 0.3 is 11.6 Å². The molecule has 2 atom stereocenters. The van der Waals surface area contributed by atoms with Crippen molar-refractivity contribution in [3.63, 3.8) is 0 Å². The number of carboxylic acid groups (broad SMARTS) is 1. The Kier molecular flexibility index (Phi) is 9.73. The van der Waals surface area contributed by atoms with Crippen LogP contribution in [-0.2, 0) is 25.6 Å². The Morgan fingerprint density at radius 2 is 1.57 bits per heavy atom. The van der Waals surface area contributed by atoms with Crippen LogP contribution < -0.4 is 21.6 Å². The quantitative estimate of drug-likeness (QED) is 0.195. The molecule has 2 unspecified atom stereocenters. The summed E-state index contributed by atoms with van der Waals surface area (Å²) in [5.41, 5.74) is 2.93. The van der Waals surface area contributed by atoms with Crippen LogP contribution >= 0.6 is 0 Å². The number of aliphatic carboxylic acids is 1. The second kappa shape index (κ2) is 12.8. The molecule has 0 saturated carbocycles. The lowest BCUT2D eigenvalue weighted by atomic mass is 9.98. The molecule has 11 heteroatoms. The average Bonchev–Trinajstić information content (AvgIpc) is 3.20. The van der Waals surface area contributed by atoms with Crippen molar-refractivity contribution in [2.75, 3.05) is 13.1 Å². The van der Waals surface area contributed by atoms with Gasteiger partial charge < -0.3 is 29.9 Å². The summed E-state index contributed by atoms with van der Waals surface area (Å²) in [7, 11) is 0. The normalized spacial score (nSPS) is 12.8. The van der Waals surface area contributed by atoms with E-state index in [4.69, 9.17) is 13.9 Å². The van der Waals surface area contributed by atoms with Crippen LogP contribution in [-0.4, -0.2) is 47.9 Å². The standard InChI is InChI=1S/C29H37N3O8/c1-7-14(2)25(28(37)30-10-8-9-24(35)36)32-23(34)13-31-22(33)12-21-16(4)20-11-19-15(3)18(6)39-26(19)17(5)27(20)40-29(21)38/h11,14,25H,7-10,12-13H2,1-6H3,(H,30,37)(H,31,33)(H,32,34)(H,35,36). The highest BCUT2D eigenvalue weighted by Crippen LogP contribution is 2.34. The van der Waals surface area contributed by atoms with Crippen LogP contribution in [0.5, 0.6) is 0 Å². The average molecular weight is 556 g/mol. The van der Waals surface area contributed by atoms with Gasteiger partial charge in [-0.15, -0.1) is 0 Å². The molecule has 0 radical (unpaired) electrons. The maximum Gasteiger partial charge on any atom is 0.340 e. The van der Waals surface area contributed by atoms with Crippen molar-refractivity contribution in [3.05, 3.63) is 44.5 Å². The number of carbonyl (C=O) groups excluding carboxylic acids is 3. The molecule has 2 heterocycles. The summed E-state index contributed by atoms with van der Waals surface area (Å²) in [4.78, 5) is 61.4. The van der Waals surface area contributed by atoms with E-state index in [9.17, 15) is 24.0 Å². The number of furan rings is 1. The van der Waals surface area contributed by atoms with Gasteiger partial charge in [0, 0.05) is 29.3 Å². The first-order chi connectivity index (χ1) is 18.8. The predicted octanol–water partition coefficient (Wildman–Crippen LogP) is 2.94. The van der Waals surface area contributed by atoms with E-state index in [1.165, 1.54) is 0 Å². The van der Waals surface area contributed by atoms with Crippen molar-refractivity contribution in [1.82, 2.24) is 16.0 Å². The topological polar surface area (TPSA) is 168 Å². The van der Waals surface area contributed by atoms with E-state index in [0.29, 0.717) is 34.1 Å². The fourth-order valence-corrected chi connectivity index (χ4v) is 4.59. The first kappa shape index (κ1) is 30.4. The van der Waals surface area contributed by atoms with Crippen LogP contribution in [0.2, 0.25) is 0 Å². The Labute approximate surface area is 231 Å². The number of rotatable bonds is 12.